The molecule has 2 atom stereocenters. The summed E-state index contributed by atoms with van der Waals surface area (Å²) in [6, 6.07) is 7.35. The van der Waals surface area contributed by atoms with Crippen LogP contribution >= 0.6 is 11.6 Å². The number of aromatic nitrogens is 4. The summed E-state index contributed by atoms with van der Waals surface area (Å²) in [7, 11) is 0. The number of hydrogen-bond acceptors (Lipinski definition) is 5. The zero-order valence-electron chi connectivity index (χ0n) is 21.7. The number of anilines is 2. The Hall–Kier alpha value is -3.47. The molecule has 0 saturated heterocycles. The lowest BCUT2D eigenvalue weighted by atomic mass is 9.85. The quantitative estimate of drug-likeness (QED) is 0.303. The van der Waals surface area contributed by atoms with Gasteiger partial charge in [-0.15, -0.1) is 0 Å². The number of carbonyl (C=O) groups excluding carboxylic acids is 2. The van der Waals surface area contributed by atoms with Crippen LogP contribution in [0, 0.1) is 0 Å². The second-order valence-electron chi connectivity index (χ2n) is 10.5. The lowest BCUT2D eigenvalue weighted by Gasteiger charge is -2.31. The second kappa shape index (κ2) is 12.0. The molecule has 1 aromatic carbocycles. The highest BCUT2D eigenvalue weighted by molar-refractivity contribution is 6.32. The molecule has 2 amide bonds. The summed E-state index contributed by atoms with van der Waals surface area (Å²) in [6.45, 7) is 0. The number of rotatable bonds is 8. The molecular formula is C28H30ClF3N6O2. The smallest absolute Gasteiger partial charge is 0.278 e. The van der Waals surface area contributed by atoms with Crippen molar-refractivity contribution in [1.82, 2.24) is 20.2 Å². The van der Waals surface area contributed by atoms with Gasteiger partial charge in [-0.25, -0.2) is 23.1 Å². The zero-order valence-corrected chi connectivity index (χ0v) is 22.5. The summed E-state index contributed by atoms with van der Waals surface area (Å²) in [4.78, 5) is 35.8. The first-order chi connectivity index (χ1) is 19.2. The fraction of sp³-hybridized carbons (Fsp3) is 0.464. The van der Waals surface area contributed by atoms with Gasteiger partial charge in [-0.1, -0.05) is 36.6 Å². The Bertz CT molecular complexity index is 1310. The Labute approximate surface area is 234 Å². The first-order valence-corrected chi connectivity index (χ1v) is 13.9. The average Bonchev–Trinajstić information content (AvgIpc) is 3.65. The molecule has 2 aliphatic rings. The average molecular weight is 575 g/mol. The number of hydrogen-bond donors (Lipinski definition) is 2. The summed E-state index contributed by atoms with van der Waals surface area (Å²) in [6.07, 6.45) is 8.63. The van der Waals surface area contributed by atoms with E-state index < -0.39 is 29.4 Å². The summed E-state index contributed by atoms with van der Waals surface area (Å²) >= 11 is 5.62. The summed E-state index contributed by atoms with van der Waals surface area (Å²) in [5, 5.41) is 9.63. The zero-order chi connectivity index (χ0) is 28.3. The number of halogens is 4. The van der Waals surface area contributed by atoms with Crippen LogP contribution in [-0.4, -0.2) is 43.5 Å². The van der Waals surface area contributed by atoms with Crippen molar-refractivity contribution >= 4 is 34.9 Å². The van der Waals surface area contributed by atoms with Crippen molar-refractivity contribution in [2.75, 3.05) is 10.2 Å². The maximum atomic E-state index is 14.3. The standard InChI is InChI=1S/C28H30ClF3N6O2/c29-25(30)27(40)38(21-7-5-18(6-8-21)17-3-1-2-4-17)24(20-14-33-16-34-15-20)26(39)35-23-13-22(36-37-23)19-9-11-28(31,32)12-10-19/h5-8,13-17,19,24-25H,1-4,9-12H2,(H2,35,36,37,39). The third-order valence-corrected chi connectivity index (χ3v) is 8.02. The maximum Gasteiger partial charge on any atom is 0.278 e. The highest BCUT2D eigenvalue weighted by atomic mass is 35.5. The second-order valence-corrected chi connectivity index (χ2v) is 10.9. The van der Waals surface area contributed by atoms with Crippen LogP contribution in [0.25, 0.3) is 0 Å². The SMILES string of the molecule is O=C(Nc1cc(C2CCC(F)(F)CC2)[nH]n1)C(c1cncnc1)N(C(=O)C(F)Cl)c1ccc(C2CCCC2)cc1. The predicted molar refractivity (Wildman–Crippen MR) is 144 cm³/mol. The van der Waals surface area contributed by atoms with E-state index in [2.05, 4.69) is 25.5 Å². The fourth-order valence-electron chi connectivity index (χ4n) is 5.70. The van der Waals surface area contributed by atoms with Gasteiger partial charge in [0.05, 0.1) is 0 Å². The van der Waals surface area contributed by atoms with Gasteiger partial charge < -0.3 is 5.32 Å². The Morgan fingerprint density at radius 3 is 2.30 bits per heavy atom. The molecule has 8 nitrogen and oxygen atoms in total. The van der Waals surface area contributed by atoms with Crippen LogP contribution in [0.1, 0.15) is 86.1 Å². The molecule has 212 valence electrons. The van der Waals surface area contributed by atoms with Gasteiger partial charge in [-0.2, -0.15) is 5.10 Å². The van der Waals surface area contributed by atoms with E-state index in [1.807, 2.05) is 12.1 Å². The maximum absolute atomic E-state index is 14.3. The minimum Gasteiger partial charge on any atom is -0.307 e. The number of benzene rings is 1. The molecule has 0 aliphatic heterocycles. The molecule has 0 radical (unpaired) electrons. The molecule has 2 heterocycles. The van der Waals surface area contributed by atoms with E-state index in [1.165, 1.54) is 18.7 Å². The number of H-pyrrole nitrogens is 1. The predicted octanol–water partition coefficient (Wildman–Crippen LogP) is 6.40. The monoisotopic (exact) mass is 574 g/mol. The van der Waals surface area contributed by atoms with Crippen LogP contribution in [-0.2, 0) is 9.59 Å². The molecule has 2 N–H and O–H groups in total. The Balaban J connectivity index is 1.43. The van der Waals surface area contributed by atoms with Crippen LogP contribution in [0.4, 0.5) is 24.7 Å². The van der Waals surface area contributed by atoms with E-state index in [9.17, 15) is 22.8 Å². The number of nitrogens with one attached hydrogen (secondary N) is 2. The van der Waals surface area contributed by atoms with Gasteiger partial charge in [0.2, 0.25) is 5.92 Å². The Morgan fingerprint density at radius 2 is 1.68 bits per heavy atom. The number of alkyl halides is 4. The third-order valence-electron chi connectivity index (χ3n) is 7.83. The first kappa shape index (κ1) is 28.1. The minimum absolute atomic E-state index is 0.143. The summed E-state index contributed by atoms with van der Waals surface area (Å²) < 4.78 is 41.5. The molecule has 2 aliphatic carbocycles. The number of carbonyl (C=O) groups is 2. The lowest BCUT2D eigenvalue weighted by molar-refractivity contribution is -0.125. The van der Waals surface area contributed by atoms with Crippen molar-refractivity contribution in [3.63, 3.8) is 0 Å². The van der Waals surface area contributed by atoms with Crippen LogP contribution in [0.5, 0.6) is 0 Å². The summed E-state index contributed by atoms with van der Waals surface area (Å²) in [5.41, 5.74) is -0.146. The van der Waals surface area contributed by atoms with E-state index in [1.54, 1.807) is 18.2 Å². The number of aromatic amines is 1. The molecule has 3 aromatic rings. The third kappa shape index (κ3) is 6.29. The molecule has 0 spiro atoms. The highest BCUT2D eigenvalue weighted by Crippen LogP contribution is 2.41. The summed E-state index contributed by atoms with van der Waals surface area (Å²) in [5.74, 6) is -4.06. The van der Waals surface area contributed by atoms with Gasteiger partial charge in [-0.05, 0) is 49.3 Å². The molecule has 40 heavy (non-hydrogen) atoms. The van der Waals surface area contributed by atoms with Crippen molar-refractivity contribution in [3.8, 4) is 0 Å². The van der Waals surface area contributed by atoms with Crippen LogP contribution < -0.4 is 10.2 Å². The van der Waals surface area contributed by atoms with E-state index >= 15 is 0 Å². The van der Waals surface area contributed by atoms with E-state index in [0.29, 0.717) is 24.5 Å². The van der Waals surface area contributed by atoms with Gasteiger partial charge in [0.1, 0.15) is 12.4 Å². The van der Waals surface area contributed by atoms with Crippen LogP contribution in [0.3, 0.4) is 0 Å². The molecule has 2 saturated carbocycles. The van der Waals surface area contributed by atoms with Crippen molar-refractivity contribution < 1.29 is 22.8 Å². The van der Waals surface area contributed by atoms with Crippen LogP contribution in [0.15, 0.2) is 49.1 Å². The van der Waals surface area contributed by atoms with Gasteiger partial charge >= 0.3 is 0 Å². The molecule has 2 aromatic heterocycles. The molecule has 12 heteroatoms. The molecule has 2 fully saturated rings. The van der Waals surface area contributed by atoms with Crippen molar-refractivity contribution in [2.45, 2.75) is 80.8 Å². The van der Waals surface area contributed by atoms with Gasteiger partial charge in [0.15, 0.2) is 5.82 Å². The van der Waals surface area contributed by atoms with E-state index in [0.717, 1.165) is 36.1 Å². The molecule has 2 unspecified atom stereocenters. The first-order valence-electron chi connectivity index (χ1n) is 13.4. The Kier molecular flexibility index (Phi) is 8.39. The highest BCUT2D eigenvalue weighted by Gasteiger charge is 2.38. The van der Waals surface area contributed by atoms with Gasteiger partial charge in [0, 0.05) is 54.2 Å². The normalized spacial score (nSPS) is 19.2. The number of amides is 2. The van der Waals surface area contributed by atoms with E-state index in [-0.39, 0.29) is 35.8 Å². The lowest BCUT2D eigenvalue weighted by Crippen LogP contribution is -2.44. The minimum atomic E-state index is -2.67. The van der Waals surface area contributed by atoms with Gasteiger partial charge in [-0.3, -0.25) is 19.6 Å². The molecule has 0 bridgehead atoms. The largest absolute Gasteiger partial charge is 0.307 e. The molecular weight excluding hydrogens is 545 g/mol. The van der Waals surface area contributed by atoms with Crippen molar-refractivity contribution in [2.24, 2.45) is 0 Å². The van der Waals surface area contributed by atoms with Crippen molar-refractivity contribution in [3.05, 3.63) is 65.9 Å². The molecule has 5 rings (SSSR count). The van der Waals surface area contributed by atoms with E-state index in [4.69, 9.17) is 11.6 Å². The fourth-order valence-corrected chi connectivity index (χ4v) is 5.81. The van der Waals surface area contributed by atoms with Gasteiger partial charge in [0.25, 0.3) is 17.4 Å². The Morgan fingerprint density at radius 1 is 1.02 bits per heavy atom. The number of nitrogens with zero attached hydrogens (tertiary/aromatic N) is 4. The van der Waals surface area contributed by atoms with Crippen molar-refractivity contribution in [1.29, 1.82) is 0 Å². The van der Waals surface area contributed by atoms with Crippen LogP contribution in [0.2, 0.25) is 0 Å². The topological polar surface area (TPSA) is 104 Å².